The van der Waals surface area contributed by atoms with Crippen LogP contribution in [-0.4, -0.2) is 32.2 Å². The highest BCUT2D eigenvalue weighted by atomic mass is 35.5. The van der Waals surface area contributed by atoms with E-state index < -0.39 is 10.0 Å². The van der Waals surface area contributed by atoms with Gasteiger partial charge in [-0.2, -0.15) is 0 Å². The smallest absolute Gasteiger partial charge is 0.211 e. The quantitative estimate of drug-likeness (QED) is 0.585. The molecule has 0 aliphatic heterocycles. The van der Waals surface area contributed by atoms with E-state index in [1.165, 1.54) is 0 Å². The lowest BCUT2D eigenvalue weighted by Gasteiger charge is -2.07. The Labute approximate surface area is 107 Å². The second-order valence-corrected chi connectivity index (χ2v) is 5.93. The number of sulfonamides is 1. The fraction of sp³-hybridized carbons (Fsp3) is 0.500. The first-order valence-corrected chi connectivity index (χ1v) is 7.39. The van der Waals surface area contributed by atoms with E-state index in [1.807, 2.05) is 6.07 Å². The maximum absolute atomic E-state index is 11.1. The summed E-state index contributed by atoms with van der Waals surface area (Å²) in [5.74, 6) is 0.111. The fourth-order valence-corrected chi connectivity index (χ4v) is 2.00. The van der Waals surface area contributed by atoms with Crippen molar-refractivity contribution >= 4 is 27.3 Å². The lowest BCUT2D eigenvalue weighted by atomic mass is 10.3. The van der Waals surface area contributed by atoms with Gasteiger partial charge in [0.05, 0.1) is 5.75 Å². The second kappa shape index (κ2) is 6.78. The van der Waals surface area contributed by atoms with Crippen LogP contribution in [0.5, 0.6) is 0 Å². The van der Waals surface area contributed by atoms with Crippen molar-refractivity contribution in [3.63, 3.8) is 0 Å². The van der Waals surface area contributed by atoms with Gasteiger partial charge in [0.25, 0.3) is 0 Å². The van der Waals surface area contributed by atoms with Gasteiger partial charge in [0.1, 0.15) is 5.15 Å². The Morgan fingerprint density at radius 2 is 2.18 bits per heavy atom. The van der Waals surface area contributed by atoms with Crippen molar-refractivity contribution in [2.75, 3.05) is 24.2 Å². The summed E-state index contributed by atoms with van der Waals surface area (Å²) in [4.78, 5) is 3.86. The van der Waals surface area contributed by atoms with Gasteiger partial charge >= 0.3 is 0 Å². The molecule has 0 aliphatic carbocycles. The van der Waals surface area contributed by atoms with Crippen molar-refractivity contribution in [1.29, 1.82) is 0 Å². The maximum Gasteiger partial charge on any atom is 0.211 e. The zero-order chi connectivity index (χ0) is 12.7. The molecule has 0 fully saturated rings. The Bertz CT molecular complexity index is 451. The molecular formula is C10H16ClN3O2S. The molecule has 0 aromatic carbocycles. The molecule has 1 aromatic rings. The average molecular weight is 278 g/mol. The number of hydrogen-bond donors (Lipinski definition) is 2. The second-order valence-electron chi connectivity index (χ2n) is 3.45. The minimum Gasteiger partial charge on any atom is -0.385 e. The lowest BCUT2D eigenvalue weighted by molar-refractivity contribution is 0.581. The van der Waals surface area contributed by atoms with Gasteiger partial charge in [-0.1, -0.05) is 11.6 Å². The number of aromatic nitrogens is 1. The molecule has 0 atom stereocenters. The zero-order valence-electron chi connectivity index (χ0n) is 9.61. The van der Waals surface area contributed by atoms with Crippen molar-refractivity contribution in [2.24, 2.45) is 0 Å². The topological polar surface area (TPSA) is 71.1 Å². The van der Waals surface area contributed by atoms with Crippen molar-refractivity contribution in [1.82, 2.24) is 9.71 Å². The molecule has 7 heteroatoms. The number of hydrogen-bond acceptors (Lipinski definition) is 4. The molecule has 96 valence electrons. The normalized spacial score (nSPS) is 11.4. The third-order valence-electron chi connectivity index (χ3n) is 2.11. The van der Waals surface area contributed by atoms with Gasteiger partial charge in [0.2, 0.25) is 10.0 Å². The van der Waals surface area contributed by atoms with Gasteiger partial charge in [0, 0.05) is 25.0 Å². The molecule has 17 heavy (non-hydrogen) atoms. The lowest BCUT2D eigenvalue weighted by Crippen LogP contribution is -2.27. The van der Waals surface area contributed by atoms with Crippen LogP contribution in [0.2, 0.25) is 5.15 Å². The van der Waals surface area contributed by atoms with E-state index in [1.54, 1.807) is 19.2 Å². The van der Waals surface area contributed by atoms with Crippen LogP contribution in [0.25, 0.3) is 0 Å². The van der Waals surface area contributed by atoms with Gasteiger partial charge in [-0.15, -0.1) is 0 Å². The number of nitrogens with zero attached hydrogens (tertiary/aromatic N) is 1. The van der Waals surface area contributed by atoms with Crippen LogP contribution in [0.15, 0.2) is 18.3 Å². The van der Waals surface area contributed by atoms with Crippen molar-refractivity contribution in [3.8, 4) is 0 Å². The molecule has 0 saturated carbocycles. The van der Waals surface area contributed by atoms with E-state index in [0.29, 0.717) is 24.7 Å². The van der Waals surface area contributed by atoms with E-state index in [0.717, 1.165) is 5.69 Å². The number of nitrogens with one attached hydrogen (secondary N) is 2. The number of rotatable bonds is 7. The number of halogens is 1. The number of pyridine rings is 1. The molecule has 1 rings (SSSR count). The first-order valence-electron chi connectivity index (χ1n) is 5.36. The van der Waals surface area contributed by atoms with E-state index in [9.17, 15) is 8.42 Å². The van der Waals surface area contributed by atoms with Crippen LogP contribution in [0.1, 0.15) is 13.3 Å². The Balaban J connectivity index is 2.21. The van der Waals surface area contributed by atoms with Gasteiger partial charge in [-0.25, -0.2) is 18.1 Å². The highest BCUT2D eigenvalue weighted by Crippen LogP contribution is 2.11. The minimum absolute atomic E-state index is 0.111. The molecular weight excluding hydrogens is 262 g/mol. The summed E-state index contributed by atoms with van der Waals surface area (Å²) in [7, 11) is -3.08. The van der Waals surface area contributed by atoms with Crippen LogP contribution < -0.4 is 10.0 Å². The maximum atomic E-state index is 11.1. The summed E-state index contributed by atoms with van der Waals surface area (Å²) in [5, 5.41) is 3.56. The van der Waals surface area contributed by atoms with E-state index in [-0.39, 0.29) is 5.75 Å². The Hall–Kier alpha value is -0.850. The predicted molar refractivity (Wildman–Crippen MR) is 69.8 cm³/mol. The van der Waals surface area contributed by atoms with Crippen LogP contribution in [0.4, 0.5) is 5.69 Å². The predicted octanol–water partition coefficient (Wildman–Crippen LogP) is 1.48. The Morgan fingerprint density at radius 1 is 1.41 bits per heavy atom. The SMILES string of the molecule is CCS(=O)(=O)NCCCNc1ccnc(Cl)c1. The Kier molecular flexibility index (Phi) is 5.67. The van der Waals surface area contributed by atoms with Crippen molar-refractivity contribution < 1.29 is 8.42 Å². The van der Waals surface area contributed by atoms with Crippen molar-refractivity contribution in [2.45, 2.75) is 13.3 Å². The van der Waals surface area contributed by atoms with E-state index >= 15 is 0 Å². The highest BCUT2D eigenvalue weighted by molar-refractivity contribution is 7.89. The molecule has 2 N–H and O–H groups in total. The minimum atomic E-state index is -3.08. The molecule has 0 amide bonds. The van der Waals surface area contributed by atoms with E-state index in [2.05, 4.69) is 15.0 Å². The first kappa shape index (κ1) is 14.2. The zero-order valence-corrected chi connectivity index (χ0v) is 11.2. The third kappa shape index (κ3) is 5.86. The molecule has 1 aromatic heterocycles. The van der Waals surface area contributed by atoms with Crippen LogP contribution in [0, 0.1) is 0 Å². The molecule has 0 radical (unpaired) electrons. The highest BCUT2D eigenvalue weighted by Gasteiger charge is 2.03. The molecule has 0 spiro atoms. The summed E-state index contributed by atoms with van der Waals surface area (Å²) < 4.78 is 24.7. The first-order chi connectivity index (χ1) is 8.03. The molecule has 0 unspecified atom stereocenters. The van der Waals surface area contributed by atoms with Crippen LogP contribution in [0.3, 0.4) is 0 Å². The summed E-state index contributed by atoms with van der Waals surface area (Å²) in [6, 6.07) is 3.53. The van der Waals surface area contributed by atoms with Crippen molar-refractivity contribution in [3.05, 3.63) is 23.5 Å². The Morgan fingerprint density at radius 3 is 2.82 bits per heavy atom. The van der Waals surface area contributed by atoms with Gasteiger partial charge in [-0.05, 0) is 25.5 Å². The molecule has 0 bridgehead atoms. The molecule has 0 aliphatic rings. The van der Waals surface area contributed by atoms with Gasteiger partial charge in [0.15, 0.2) is 0 Å². The van der Waals surface area contributed by atoms with Gasteiger partial charge < -0.3 is 5.32 Å². The van der Waals surface area contributed by atoms with Gasteiger partial charge in [-0.3, -0.25) is 0 Å². The van der Waals surface area contributed by atoms with E-state index in [4.69, 9.17) is 11.6 Å². The number of anilines is 1. The average Bonchev–Trinajstić information content (AvgIpc) is 2.29. The summed E-state index contributed by atoms with van der Waals surface area (Å²) in [6.07, 6.45) is 2.32. The summed E-state index contributed by atoms with van der Waals surface area (Å²) in [5.41, 5.74) is 0.878. The molecule has 0 saturated heterocycles. The fourth-order valence-electron chi connectivity index (χ4n) is 1.16. The largest absolute Gasteiger partial charge is 0.385 e. The van der Waals surface area contributed by atoms with Crippen LogP contribution >= 0.6 is 11.6 Å². The molecule has 5 nitrogen and oxygen atoms in total. The third-order valence-corrected chi connectivity index (χ3v) is 3.72. The van der Waals surface area contributed by atoms with Crippen LogP contribution in [-0.2, 0) is 10.0 Å². The monoisotopic (exact) mass is 277 g/mol. The molecule has 1 heterocycles. The summed E-state index contributed by atoms with van der Waals surface area (Å²) in [6.45, 7) is 2.72. The standard InChI is InChI=1S/C10H16ClN3O2S/c1-2-17(15,16)14-6-3-5-12-9-4-7-13-10(11)8-9/h4,7-8,14H,2-3,5-6H2,1H3,(H,12,13). The summed E-state index contributed by atoms with van der Waals surface area (Å²) >= 11 is 5.72.